The fraction of sp³-hybridized carbons (Fsp3) is 0.200. The second kappa shape index (κ2) is 3.83. The van der Waals surface area contributed by atoms with Crippen LogP contribution in [0, 0.1) is 0 Å². The first-order valence-corrected chi connectivity index (χ1v) is 5.13. The molecular formula is C10H9Cl2N3. The third kappa shape index (κ3) is 1.98. The monoisotopic (exact) mass is 241 g/mol. The van der Waals surface area contributed by atoms with Crippen LogP contribution in [0.1, 0.15) is 0 Å². The molecule has 2 aromatic rings. The molecule has 0 aliphatic heterocycles. The second-order valence-electron chi connectivity index (χ2n) is 3.37. The van der Waals surface area contributed by atoms with Crippen LogP contribution >= 0.6 is 23.2 Å². The van der Waals surface area contributed by atoms with E-state index in [4.69, 9.17) is 23.2 Å². The summed E-state index contributed by atoms with van der Waals surface area (Å²) >= 11 is 11.9. The topological polar surface area (TPSA) is 29.0 Å². The van der Waals surface area contributed by atoms with Crippen molar-refractivity contribution in [3.8, 4) is 0 Å². The van der Waals surface area contributed by atoms with Crippen molar-refractivity contribution in [3.05, 3.63) is 28.4 Å². The molecule has 3 nitrogen and oxygen atoms in total. The van der Waals surface area contributed by atoms with E-state index in [9.17, 15) is 0 Å². The van der Waals surface area contributed by atoms with E-state index in [1.165, 1.54) is 0 Å². The fourth-order valence-corrected chi connectivity index (χ4v) is 1.65. The van der Waals surface area contributed by atoms with E-state index in [2.05, 4.69) is 9.97 Å². The highest BCUT2D eigenvalue weighted by molar-refractivity contribution is 6.35. The van der Waals surface area contributed by atoms with Gasteiger partial charge < -0.3 is 4.90 Å². The summed E-state index contributed by atoms with van der Waals surface area (Å²) in [7, 11) is 3.74. The molecule has 1 aromatic carbocycles. The van der Waals surface area contributed by atoms with E-state index in [-0.39, 0.29) is 0 Å². The summed E-state index contributed by atoms with van der Waals surface area (Å²) in [5.74, 6) is 0.592. The van der Waals surface area contributed by atoms with Crippen molar-refractivity contribution in [2.75, 3.05) is 19.0 Å². The molecule has 0 N–H and O–H groups in total. The maximum Gasteiger partial charge on any atom is 0.226 e. The van der Waals surface area contributed by atoms with Crippen LogP contribution in [0.3, 0.4) is 0 Å². The van der Waals surface area contributed by atoms with E-state index in [1.807, 2.05) is 20.2 Å². The zero-order valence-electron chi connectivity index (χ0n) is 8.33. The molecule has 0 radical (unpaired) electrons. The number of nitrogens with zero attached hydrogens (tertiary/aromatic N) is 3. The number of halogens is 2. The number of aromatic nitrogens is 2. The molecular weight excluding hydrogens is 233 g/mol. The summed E-state index contributed by atoms with van der Waals surface area (Å²) in [6, 6.07) is 5.38. The number of hydrogen-bond donors (Lipinski definition) is 0. The van der Waals surface area contributed by atoms with Gasteiger partial charge in [-0.15, -0.1) is 0 Å². The van der Waals surface area contributed by atoms with Crippen LogP contribution in [0.5, 0.6) is 0 Å². The Morgan fingerprint density at radius 1 is 1.13 bits per heavy atom. The SMILES string of the molecule is CN(C)c1nc(Cl)c2cc(Cl)ccc2n1. The van der Waals surface area contributed by atoms with Crippen LogP contribution < -0.4 is 4.90 Å². The van der Waals surface area contributed by atoms with E-state index in [1.54, 1.807) is 17.0 Å². The summed E-state index contributed by atoms with van der Waals surface area (Å²) in [6.07, 6.45) is 0. The number of hydrogen-bond acceptors (Lipinski definition) is 3. The van der Waals surface area contributed by atoms with Crippen LogP contribution in [0.25, 0.3) is 10.9 Å². The van der Waals surface area contributed by atoms with Gasteiger partial charge in [-0.05, 0) is 18.2 Å². The summed E-state index contributed by atoms with van der Waals surface area (Å²) < 4.78 is 0. The van der Waals surface area contributed by atoms with E-state index in [0.717, 1.165) is 10.9 Å². The van der Waals surface area contributed by atoms with Crippen molar-refractivity contribution in [3.63, 3.8) is 0 Å². The molecule has 0 saturated carbocycles. The molecule has 1 heterocycles. The minimum atomic E-state index is 0.422. The van der Waals surface area contributed by atoms with Crippen LogP contribution in [-0.4, -0.2) is 24.1 Å². The molecule has 15 heavy (non-hydrogen) atoms. The van der Waals surface area contributed by atoms with E-state index in [0.29, 0.717) is 16.1 Å². The Labute approximate surface area is 97.6 Å². The summed E-state index contributed by atoms with van der Waals surface area (Å²) in [5.41, 5.74) is 0.795. The maximum absolute atomic E-state index is 6.04. The maximum atomic E-state index is 6.04. The zero-order valence-corrected chi connectivity index (χ0v) is 9.84. The molecule has 78 valence electrons. The first-order chi connectivity index (χ1) is 7.08. The molecule has 0 unspecified atom stereocenters. The molecule has 2 rings (SSSR count). The van der Waals surface area contributed by atoms with Gasteiger partial charge in [0.2, 0.25) is 5.95 Å². The molecule has 0 fully saturated rings. The molecule has 0 aliphatic carbocycles. The lowest BCUT2D eigenvalue weighted by atomic mass is 10.2. The number of benzene rings is 1. The first-order valence-electron chi connectivity index (χ1n) is 4.38. The van der Waals surface area contributed by atoms with E-state index < -0.39 is 0 Å². The zero-order chi connectivity index (χ0) is 11.0. The van der Waals surface area contributed by atoms with Crippen molar-refractivity contribution >= 4 is 40.1 Å². The Morgan fingerprint density at radius 3 is 2.53 bits per heavy atom. The lowest BCUT2D eigenvalue weighted by Gasteiger charge is -2.11. The first kappa shape index (κ1) is 10.5. The molecule has 0 amide bonds. The quantitative estimate of drug-likeness (QED) is 0.720. The van der Waals surface area contributed by atoms with Gasteiger partial charge in [0.15, 0.2) is 0 Å². The second-order valence-corrected chi connectivity index (χ2v) is 4.16. The third-order valence-electron chi connectivity index (χ3n) is 2.00. The normalized spacial score (nSPS) is 10.7. The smallest absolute Gasteiger partial charge is 0.226 e. The highest BCUT2D eigenvalue weighted by Gasteiger charge is 2.07. The minimum absolute atomic E-state index is 0.422. The van der Waals surface area contributed by atoms with Gasteiger partial charge in [0.05, 0.1) is 5.52 Å². The van der Waals surface area contributed by atoms with Crippen molar-refractivity contribution in [2.45, 2.75) is 0 Å². The van der Waals surface area contributed by atoms with E-state index >= 15 is 0 Å². The highest BCUT2D eigenvalue weighted by atomic mass is 35.5. The predicted octanol–water partition coefficient (Wildman–Crippen LogP) is 3.00. The van der Waals surface area contributed by atoms with Gasteiger partial charge in [-0.1, -0.05) is 23.2 Å². The molecule has 0 spiro atoms. The van der Waals surface area contributed by atoms with Gasteiger partial charge >= 0.3 is 0 Å². The largest absolute Gasteiger partial charge is 0.347 e. The predicted molar refractivity (Wildman–Crippen MR) is 63.9 cm³/mol. The minimum Gasteiger partial charge on any atom is -0.347 e. The van der Waals surface area contributed by atoms with Crippen molar-refractivity contribution < 1.29 is 0 Å². The highest BCUT2D eigenvalue weighted by Crippen LogP contribution is 2.25. The Morgan fingerprint density at radius 2 is 1.87 bits per heavy atom. The number of rotatable bonds is 1. The van der Waals surface area contributed by atoms with Crippen LogP contribution in [0.4, 0.5) is 5.95 Å². The molecule has 1 aromatic heterocycles. The van der Waals surface area contributed by atoms with Crippen LogP contribution in [0.15, 0.2) is 18.2 Å². The van der Waals surface area contributed by atoms with Crippen molar-refractivity contribution in [1.82, 2.24) is 9.97 Å². The van der Waals surface area contributed by atoms with Gasteiger partial charge in [-0.3, -0.25) is 0 Å². The average Bonchev–Trinajstić information content (AvgIpc) is 2.18. The van der Waals surface area contributed by atoms with Crippen molar-refractivity contribution in [2.24, 2.45) is 0 Å². The lowest BCUT2D eigenvalue weighted by Crippen LogP contribution is -2.12. The van der Waals surface area contributed by atoms with Gasteiger partial charge in [0.25, 0.3) is 0 Å². The summed E-state index contributed by atoms with van der Waals surface area (Å²) in [6.45, 7) is 0. The average molecular weight is 242 g/mol. The summed E-state index contributed by atoms with van der Waals surface area (Å²) in [4.78, 5) is 10.3. The molecule has 5 heteroatoms. The molecule has 0 bridgehead atoms. The van der Waals surface area contributed by atoms with Crippen LogP contribution in [0.2, 0.25) is 10.2 Å². The van der Waals surface area contributed by atoms with Gasteiger partial charge in [0.1, 0.15) is 5.15 Å². The standard InChI is InChI=1S/C10H9Cl2N3/c1-15(2)10-13-8-4-3-6(11)5-7(8)9(12)14-10/h3-5H,1-2H3. The molecule has 0 saturated heterocycles. The van der Waals surface area contributed by atoms with Crippen LogP contribution in [-0.2, 0) is 0 Å². The Kier molecular flexibility index (Phi) is 2.67. The summed E-state index contributed by atoms with van der Waals surface area (Å²) in [5, 5.41) is 1.83. The fourth-order valence-electron chi connectivity index (χ4n) is 1.25. The number of anilines is 1. The number of fused-ring (bicyclic) bond motifs is 1. The Balaban J connectivity index is 2.73. The Hall–Kier alpha value is -1.06. The molecule has 0 atom stereocenters. The lowest BCUT2D eigenvalue weighted by molar-refractivity contribution is 1.02. The van der Waals surface area contributed by atoms with Gasteiger partial charge in [0, 0.05) is 24.5 Å². The van der Waals surface area contributed by atoms with Gasteiger partial charge in [-0.2, -0.15) is 0 Å². The molecule has 0 aliphatic rings. The van der Waals surface area contributed by atoms with Crippen molar-refractivity contribution in [1.29, 1.82) is 0 Å². The Bertz CT molecular complexity index is 511. The third-order valence-corrected chi connectivity index (χ3v) is 2.52. The van der Waals surface area contributed by atoms with Gasteiger partial charge in [-0.25, -0.2) is 9.97 Å².